The maximum absolute atomic E-state index is 12.7. The van der Waals surface area contributed by atoms with Crippen LogP contribution in [0.3, 0.4) is 0 Å². The van der Waals surface area contributed by atoms with Crippen LogP contribution < -0.4 is 85.1 Å². The van der Waals surface area contributed by atoms with Gasteiger partial charge in [-0.05, 0) is 186 Å². The Morgan fingerprint density at radius 1 is 0.191 bits per heavy atom. The van der Waals surface area contributed by atoms with E-state index in [1.54, 1.807) is 0 Å². The molecule has 10 saturated heterocycles. The van der Waals surface area contributed by atoms with Crippen molar-refractivity contribution in [1.82, 2.24) is 85.1 Å². The maximum atomic E-state index is 12.7. The zero-order valence-electron chi connectivity index (χ0n) is 52.5. The van der Waals surface area contributed by atoms with E-state index in [-0.39, 0.29) is 127 Å². The molecular formula is C64H110MnN16O6S2. The first-order valence-corrected chi connectivity index (χ1v) is 39.9. The minimum Gasteiger partial charge on any atom is -0.748 e. The van der Waals surface area contributed by atoms with Gasteiger partial charge >= 0.3 is 17.1 Å². The third-order valence-corrected chi connectivity index (χ3v) is 31.0. The number of fused-ring (bicyclic) bond motifs is 40. The second kappa shape index (κ2) is 25.8. The number of hydrogen-bond acceptors (Lipinski definition) is 22. The van der Waals surface area contributed by atoms with Gasteiger partial charge in [0.2, 0.25) is 0 Å². The number of rotatable bonds is 2. The molecule has 501 valence electrons. The molecule has 10 aliphatic heterocycles. The van der Waals surface area contributed by atoms with Crippen molar-refractivity contribution in [1.29, 1.82) is 0 Å². The first-order valence-electron chi connectivity index (χ1n) is 36.9. The van der Waals surface area contributed by atoms with Gasteiger partial charge in [-0.2, -0.15) is 0 Å². The molecule has 18 aliphatic rings. The first-order chi connectivity index (χ1) is 42.8. The van der Waals surface area contributed by atoms with Crippen LogP contribution in [0.5, 0.6) is 0 Å². The molecule has 89 heavy (non-hydrogen) atoms. The summed E-state index contributed by atoms with van der Waals surface area (Å²) < 4.78 is 76.3. The predicted octanol–water partition coefficient (Wildman–Crippen LogP) is 2.26. The molecule has 16 N–H and O–H groups in total. The largest absolute Gasteiger partial charge is 2.00 e. The van der Waals surface area contributed by atoms with Gasteiger partial charge in [-0.15, -0.1) is 0 Å². The van der Waals surface area contributed by atoms with E-state index in [4.69, 9.17) is 0 Å². The summed E-state index contributed by atoms with van der Waals surface area (Å²) in [6.45, 7) is 0. The predicted molar refractivity (Wildman–Crippen MR) is 332 cm³/mol. The van der Waals surface area contributed by atoms with Gasteiger partial charge < -0.3 is 9.11 Å². The van der Waals surface area contributed by atoms with Crippen LogP contribution in [0, 0.1) is 94.7 Å². The quantitative estimate of drug-likeness (QED) is 0.139. The van der Waals surface area contributed by atoms with Gasteiger partial charge in [0, 0.05) is 11.8 Å². The van der Waals surface area contributed by atoms with Crippen LogP contribution in [0.15, 0.2) is 0 Å². The van der Waals surface area contributed by atoms with Crippen LogP contribution in [-0.2, 0) is 37.3 Å². The van der Waals surface area contributed by atoms with E-state index >= 15 is 0 Å². The molecule has 0 amide bonds. The van der Waals surface area contributed by atoms with Gasteiger partial charge in [0.05, 0.1) is 129 Å². The molecule has 0 spiro atoms. The van der Waals surface area contributed by atoms with Gasteiger partial charge in [-0.25, -0.2) is 16.8 Å². The molecule has 10 heterocycles. The summed E-state index contributed by atoms with van der Waals surface area (Å²) in [5, 5.41) is 63.1. The Hall–Kier alpha value is -0.301. The first kappa shape index (κ1) is 63.4. The molecule has 16 bridgehead atoms. The van der Waals surface area contributed by atoms with Crippen molar-refractivity contribution < 1.29 is 43.0 Å². The zero-order valence-corrected chi connectivity index (χ0v) is 55.3. The fourth-order valence-electron chi connectivity index (χ4n) is 24.7. The average Bonchev–Trinajstić information content (AvgIpc) is 1.68. The summed E-state index contributed by atoms with van der Waals surface area (Å²) in [6, 6.07) is 0. The minimum atomic E-state index is -4.41. The summed E-state index contributed by atoms with van der Waals surface area (Å²) in [5.74, 6) is 6.67. The SMILES string of the molecule is O=S(=O)([O-])C1CCCC2C3NC4NC(NC5NC(NC6NC(NC(N3)C21)C1CCCCC61)C1CCCCC51)C1CCCCC41.O=S(=O)([O-])C1CCCC2C3NC4NC(NC5NC(NC6NC(NC(N3)C21)C1CCCCC61)C1CCCCC51)C1CCCCC41.[Mn+2]. The van der Waals surface area contributed by atoms with Crippen molar-refractivity contribution in [2.24, 2.45) is 94.7 Å². The van der Waals surface area contributed by atoms with Crippen molar-refractivity contribution in [3.63, 3.8) is 0 Å². The van der Waals surface area contributed by atoms with E-state index in [9.17, 15) is 25.9 Å². The topological polar surface area (TPSA) is 307 Å². The Bertz CT molecular complexity index is 2540. The summed E-state index contributed by atoms with van der Waals surface area (Å²) >= 11 is 0. The van der Waals surface area contributed by atoms with Crippen LogP contribution in [0.2, 0.25) is 0 Å². The van der Waals surface area contributed by atoms with Gasteiger partial charge in [0.1, 0.15) is 0 Å². The molecule has 18 rings (SSSR count). The van der Waals surface area contributed by atoms with E-state index in [0.717, 1.165) is 25.7 Å². The van der Waals surface area contributed by atoms with Gasteiger partial charge in [-0.3, -0.25) is 85.1 Å². The van der Waals surface area contributed by atoms with Crippen molar-refractivity contribution in [3.8, 4) is 0 Å². The van der Waals surface area contributed by atoms with Crippen molar-refractivity contribution in [3.05, 3.63) is 0 Å². The molecule has 34 unspecified atom stereocenters. The standard InChI is InChI=1S/2C32H56N8O3S.Mn/c2*41-44(42,43)23-15-7-14-22-24(23)32-39-30-21-13-6-5-12-20(21)28(37-30)35-26-17-9-2-1-8-16(17)25(33-26)34-27-18-10-3-4-11-19(18)29(36-27)38-31(22)40-32;/h2*16-40H,1-15H2,(H,41,42,43);/q;;+2/p-2. The molecule has 8 saturated carbocycles. The molecule has 0 aromatic carbocycles. The smallest absolute Gasteiger partial charge is 0.748 e. The molecule has 22 nitrogen and oxygen atoms in total. The summed E-state index contributed by atoms with van der Waals surface area (Å²) in [7, 11) is -8.81. The third kappa shape index (κ3) is 11.8. The van der Waals surface area contributed by atoms with E-state index < -0.39 is 30.7 Å². The van der Waals surface area contributed by atoms with Crippen LogP contribution >= 0.6 is 0 Å². The van der Waals surface area contributed by atoms with Gasteiger partial charge in [0.25, 0.3) is 0 Å². The Balaban J connectivity index is 0.000000141. The Morgan fingerprint density at radius 2 is 0.326 bits per heavy atom. The van der Waals surface area contributed by atoms with Crippen LogP contribution in [0.1, 0.15) is 193 Å². The second-order valence-electron chi connectivity index (χ2n) is 32.4. The molecule has 25 heteroatoms. The van der Waals surface area contributed by atoms with Crippen LogP contribution in [-0.4, -0.2) is 135 Å². The number of nitrogens with one attached hydrogen (secondary N) is 16. The summed E-state index contributed by atoms with van der Waals surface area (Å²) in [4.78, 5) is 0. The fourth-order valence-corrected chi connectivity index (χ4v) is 27.1. The van der Waals surface area contributed by atoms with Crippen LogP contribution in [0.25, 0.3) is 0 Å². The molecule has 0 aromatic heterocycles. The maximum Gasteiger partial charge on any atom is 2.00 e. The third-order valence-electron chi connectivity index (χ3n) is 28.4. The van der Waals surface area contributed by atoms with Crippen molar-refractivity contribution in [2.75, 3.05) is 0 Å². The van der Waals surface area contributed by atoms with E-state index in [0.29, 0.717) is 96.2 Å². The zero-order chi connectivity index (χ0) is 59.2. The summed E-state index contributed by atoms with van der Waals surface area (Å²) in [5.41, 5.74) is 0. The Labute approximate surface area is 541 Å². The fraction of sp³-hybridized carbons (Fsp3) is 1.00. The van der Waals surface area contributed by atoms with E-state index in [2.05, 4.69) is 85.1 Å². The Morgan fingerprint density at radius 3 is 0.483 bits per heavy atom. The van der Waals surface area contributed by atoms with E-state index in [1.807, 2.05) is 0 Å². The van der Waals surface area contributed by atoms with Crippen LogP contribution in [0.4, 0.5) is 0 Å². The monoisotopic (exact) mass is 1320 g/mol. The second-order valence-corrected chi connectivity index (χ2v) is 35.6. The molecule has 8 aliphatic carbocycles. The average molecular weight is 1320 g/mol. The summed E-state index contributed by atoms with van der Waals surface area (Å²) in [6.07, 6.45) is 37.0. The molecule has 34 atom stereocenters. The van der Waals surface area contributed by atoms with Gasteiger partial charge in [-0.1, -0.05) is 89.9 Å². The molecular weight excluding hydrogens is 1210 g/mol. The van der Waals surface area contributed by atoms with Crippen molar-refractivity contribution in [2.45, 2.75) is 302 Å². The van der Waals surface area contributed by atoms with Gasteiger partial charge in [0.15, 0.2) is 0 Å². The Kier molecular flexibility index (Phi) is 18.4. The van der Waals surface area contributed by atoms with E-state index in [1.165, 1.54) is 154 Å². The molecule has 18 fully saturated rings. The molecule has 0 aromatic rings. The van der Waals surface area contributed by atoms with Crippen molar-refractivity contribution >= 4 is 20.2 Å². The molecule has 1 radical (unpaired) electrons. The minimum absolute atomic E-state index is 0. The number of hydrogen-bond donors (Lipinski definition) is 16. The normalized spacial score (nSPS) is 54.9.